The number of benzene rings is 1. The average molecular weight is 488 g/mol. The first kappa shape index (κ1) is 23.9. The van der Waals surface area contributed by atoms with Crippen LogP contribution < -0.4 is 10.5 Å². The van der Waals surface area contributed by atoms with Gasteiger partial charge in [0.05, 0.1) is 19.3 Å². The number of nitrogens with two attached hydrogens (primary N) is 1. The van der Waals surface area contributed by atoms with Crippen LogP contribution in [0.1, 0.15) is 0 Å². The van der Waals surface area contributed by atoms with Gasteiger partial charge in [0.1, 0.15) is 40.9 Å². The molecule has 13 heteroatoms. The fourth-order valence-corrected chi connectivity index (χ4v) is 3.43. The summed E-state index contributed by atoms with van der Waals surface area (Å²) in [6, 6.07) is 7.91. The summed E-state index contributed by atoms with van der Waals surface area (Å²) in [5, 5.41) is 12.4. The molecule has 1 saturated heterocycles. The molecule has 35 heavy (non-hydrogen) atoms. The number of rotatable bonds is 3. The number of fused-ring (bicyclic) bond motifs is 1. The number of likely N-dealkylation sites (tertiary alicyclic amines) is 1. The molecule has 1 aliphatic heterocycles. The van der Waals surface area contributed by atoms with Crippen LogP contribution in [0, 0.1) is 5.82 Å². The number of amides is 1. The predicted octanol–water partition coefficient (Wildman–Crippen LogP) is 2.53. The molecule has 1 fully saturated rings. The van der Waals surface area contributed by atoms with Crippen molar-refractivity contribution in [3.05, 3.63) is 48.7 Å². The molecule has 10 nitrogen and oxygen atoms in total. The van der Waals surface area contributed by atoms with E-state index in [9.17, 15) is 18.0 Å². The fourth-order valence-electron chi connectivity index (χ4n) is 3.43. The number of pyridine rings is 1. The highest BCUT2D eigenvalue weighted by Gasteiger charge is 2.52. The van der Waals surface area contributed by atoms with Crippen molar-refractivity contribution in [2.75, 3.05) is 26.4 Å². The molecule has 0 aliphatic carbocycles. The summed E-state index contributed by atoms with van der Waals surface area (Å²) < 4.78 is 49.3. The first-order valence-electron chi connectivity index (χ1n) is 10.1. The monoisotopic (exact) mass is 488 g/mol. The molecular formula is C22H19F3N6O4. The summed E-state index contributed by atoms with van der Waals surface area (Å²) >= 11 is 0. The SMILES string of the molecule is CN1CC(F)(F)C(O)C1=O.COc1cc(-c2cc(-c3ccon3)ccc2F)nc2c(N)ncnc12. The number of aliphatic hydroxyl groups is 1. The molecule has 0 saturated carbocycles. The first-order valence-corrected chi connectivity index (χ1v) is 10.1. The Hall–Kier alpha value is -4.26. The maximum atomic E-state index is 14.4. The molecule has 0 spiro atoms. The second kappa shape index (κ2) is 9.18. The van der Waals surface area contributed by atoms with Crippen molar-refractivity contribution in [1.82, 2.24) is 25.0 Å². The van der Waals surface area contributed by atoms with Crippen LogP contribution in [0.3, 0.4) is 0 Å². The number of carbonyl (C=O) groups is 1. The number of alkyl halides is 2. The normalized spacial score (nSPS) is 16.8. The Bertz CT molecular complexity index is 1380. The van der Waals surface area contributed by atoms with E-state index in [-0.39, 0.29) is 11.4 Å². The van der Waals surface area contributed by atoms with Crippen LogP contribution in [0.15, 0.2) is 47.4 Å². The Morgan fingerprint density at radius 3 is 2.54 bits per heavy atom. The lowest BCUT2D eigenvalue weighted by molar-refractivity contribution is -0.140. The van der Waals surface area contributed by atoms with E-state index in [0.29, 0.717) is 33.7 Å². The minimum Gasteiger partial charge on any atom is -0.494 e. The molecule has 1 unspecified atom stereocenters. The van der Waals surface area contributed by atoms with Crippen LogP contribution in [0.4, 0.5) is 19.0 Å². The molecule has 3 aromatic heterocycles. The van der Waals surface area contributed by atoms with E-state index in [1.165, 1.54) is 32.8 Å². The molecule has 0 bridgehead atoms. The lowest BCUT2D eigenvalue weighted by Gasteiger charge is -2.10. The number of hydrogen-bond donors (Lipinski definition) is 2. The molecule has 4 aromatic rings. The van der Waals surface area contributed by atoms with Crippen molar-refractivity contribution in [3.8, 4) is 28.3 Å². The Kier molecular flexibility index (Phi) is 6.26. The van der Waals surface area contributed by atoms with Gasteiger partial charge in [-0.05, 0) is 18.2 Å². The van der Waals surface area contributed by atoms with Crippen LogP contribution >= 0.6 is 0 Å². The standard InChI is InChI=1S/C17H12FN5O2.C5H7F2NO2/c1-24-14-7-13(22-16-15(14)20-8-21-17(16)19)10-6-9(2-3-11(10)18)12-4-5-25-23-12;1-8-2-5(6,7)3(9)4(8)10/h2-8H,1H3,(H2,19,20,21);3,9H,2H2,1H3. The van der Waals surface area contributed by atoms with Crippen LogP contribution in [-0.4, -0.2) is 68.8 Å². The van der Waals surface area contributed by atoms with Gasteiger partial charge in [0.25, 0.3) is 11.8 Å². The highest BCUT2D eigenvalue weighted by molar-refractivity contribution is 5.91. The number of ether oxygens (including phenoxy) is 1. The number of likely N-dealkylation sites (N-methyl/N-ethyl adjacent to an activating group) is 1. The first-order chi connectivity index (χ1) is 16.6. The van der Waals surface area contributed by atoms with Gasteiger partial charge in [0, 0.05) is 30.3 Å². The van der Waals surface area contributed by atoms with Gasteiger partial charge < -0.3 is 25.0 Å². The van der Waals surface area contributed by atoms with Crippen molar-refractivity contribution in [2.45, 2.75) is 12.0 Å². The number of anilines is 1. The third kappa shape index (κ3) is 4.57. The summed E-state index contributed by atoms with van der Waals surface area (Å²) in [7, 11) is 2.73. The van der Waals surface area contributed by atoms with E-state index >= 15 is 0 Å². The van der Waals surface area contributed by atoms with E-state index < -0.39 is 30.3 Å². The zero-order valence-corrected chi connectivity index (χ0v) is 18.4. The van der Waals surface area contributed by atoms with E-state index in [4.69, 9.17) is 20.1 Å². The number of nitrogen functional groups attached to an aromatic ring is 1. The third-order valence-corrected chi connectivity index (χ3v) is 5.24. The number of nitrogens with zero attached hydrogens (tertiary/aromatic N) is 5. The van der Waals surface area contributed by atoms with Crippen molar-refractivity contribution >= 4 is 22.8 Å². The zero-order chi connectivity index (χ0) is 25.3. The Balaban J connectivity index is 0.000000243. The van der Waals surface area contributed by atoms with E-state index in [2.05, 4.69) is 20.1 Å². The Morgan fingerprint density at radius 1 is 1.20 bits per heavy atom. The summed E-state index contributed by atoms with van der Waals surface area (Å²) in [5.41, 5.74) is 8.63. The van der Waals surface area contributed by atoms with E-state index in [1.54, 1.807) is 24.3 Å². The topological polar surface area (TPSA) is 140 Å². The maximum absolute atomic E-state index is 14.4. The molecule has 1 aliphatic rings. The summed E-state index contributed by atoms with van der Waals surface area (Å²) in [5.74, 6) is -3.99. The van der Waals surface area contributed by atoms with Crippen molar-refractivity contribution in [1.29, 1.82) is 0 Å². The van der Waals surface area contributed by atoms with Crippen LogP contribution in [0.2, 0.25) is 0 Å². The average Bonchev–Trinajstić information content (AvgIpc) is 3.43. The minimum absolute atomic E-state index is 0.193. The van der Waals surface area contributed by atoms with Crippen molar-refractivity contribution in [3.63, 3.8) is 0 Å². The molecule has 0 radical (unpaired) electrons. The van der Waals surface area contributed by atoms with E-state index in [0.717, 1.165) is 4.90 Å². The Labute approximate surface area is 196 Å². The van der Waals surface area contributed by atoms with Gasteiger partial charge in [-0.3, -0.25) is 4.79 Å². The van der Waals surface area contributed by atoms with Gasteiger partial charge >= 0.3 is 0 Å². The molecule has 182 valence electrons. The highest BCUT2D eigenvalue weighted by Crippen LogP contribution is 2.33. The molecular weight excluding hydrogens is 469 g/mol. The number of halogens is 3. The van der Waals surface area contributed by atoms with Gasteiger partial charge in [-0.2, -0.15) is 0 Å². The van der Waals surface area contributed by atoms with Gasteiger partial charge in [0.15, 0.2) is 11.9 Å². The molecule has 4 heterocycles. The van der Waals surface area contributed by atoms with Crippen LogP contribution in [0.5, 0.6) is 5.75 Å². The number of aromatic nitrogens is 4. The van der Waals surface area contributed by atoms with Gasteiger partial charge in [-0.15, -0.1) is 0 Å². The Morgan fingerprint density at radius 2 is 1.97 bits per heavy atom. The summed E-state index contributed by atoms with van der Waals surface area (Å²) in [6.45, 7) is -0.688. The number of carbonyl (C=O) groups excluding carboxylic acids is 1. The largest absolute Gasteiger partial charge is 0.494 e. The van der Waals surface area contributed by atoms with Crippen molar-refractivity contribution in [2.24, 2.45) is 0 Å². The highest BCUT2D eigenvalue weighted by atomic mass is 19.3. The zero-order valence-electron chi connectivity index (χ0n) is 18.4. The molecule has 1 aromatic carbocycles. The quantitative estimate of drug-likeness (QED) is 0.445. The second-order valence-electron chi connectivity index (χ2n) is 7.60. The summed E-state index contributed by atoms with van der Waals surface area (Å²) in [4.78, 5) is 23.8. The lowest BCUT2D eigenvalue weighted by atomic mass is 10.0. The van der Waals surface area contributed by atoms with Gasteiger partial charge in [-0.25, -0.2) is 28.1 Å². The van der Waals surface area contributed by atoms with E-state index in [1.807, 2.05) is 0 Å². The molecule has 5 rings (SSSR count). The number of aliphatic hydroxyl groups excluding tert-OH is 1. The molecule has 1 amide bonds. The molecule has 3 N–H and O–H groups in total. The third-order valence-electron chi connectivity index (χ3n) is 5.24. The van der Waals surface area contributed by atoms with Crippen molar-refractivity contribution < 1.29 is 32.3 Å². The predicted molar refractivity (Wildman–Crippen MR) is 118 cm³/mol. The smallest absolute Gasteiger partial charge is 0.299 e. The lowest BCUT2D eigenvalue weighted by Crippen LogP contribution is -2.33. The summed E-state index contributed by atoms with van der Waals surface area (Å²) in [6.07, 6.45) is 0.638. The second-order valence-corrected chi connectivity index (χ2v) is 7.60. The van der Waals surface area contributed by atoms with Crippen LogP contribution in [0.25, 0.3) is 33.5 Å². The number of hydrogen-bond acceptors (Lipinski definition) is 9. The molecule has 1 atom stereocenters. The fraction of sp³-hybridized carbons (Fsp3) is 0.227. The van der Waals surface area contributed by atoms with Gasteiger partial charge in [0.2, 0.25) is 0 Å². The minimum atomic E-state index is -3.27. The van der Waals surface area contributed by atoms with Crippen LogP contribution in [-0.2, 0) is 4.79 Å². The number of methoxy groups -OCH3 is 1. The maximum Gasteiger partial charge on any atom is 0.299 e. The van der Waals surface area contributed by atoms with Gasteiger partial charge in [-0.1, -0.05) is 5.16 Å².